The first-order chi connectivity index (χ1) is 17.1. The molecular formula is C22H28N6O8. The monoisotopic (exact) mass is 504 g/mol. The van der Waals surface area contributed by atoms with E-state index in [1.807, 2.05) is 0 Å². The van der Waals surface area contributed by atoms with Gasteiger partial charge in [0.15, 0.2) is 0 Å². The molecule has 1 heterocycles. The lowest BCUT2D eigenvalue weighted by molar-refractivity contribution is -0.143. The molecule has 4 unspecified atom stereocenters. The van der Waals surface area contributed by atoms with Crippen LogP contribution in [0, 0.1) is 0 Å². The Hall–Kier alpha value is -4.30. The number of aliphatic carboxylic acids is 2. The van der Waals surface area contributed by atoms with Crippen molar-refractivity contribution in [2.24, 2.45) is 5.73 Å². The van der Waals surface area contributed by atoms with E-state index in [2.05, 4.69) is 25.9 Å². The van der Waals surface area contributed by atoms with Crippen molar-refractivity contribution < 1.29 is 39.3 Å². The van der Waals surface area contributed by atoms with Gasteiger partial charge in [-0.2, -0.15) is 0 Å². The Morgan fingerprint density at radius 3 is 2.06 bits per heavy atom. The molecule has 9 N–H and O–H groups in total. The van der Waals surface area contributed by atoms with Crippen molar-refractivity contribution in [2.45, 2.75) is 43.4 Å². The van der Waals surface area contributed by atoms with E-state index in [0.29, 0.717) is 11.3 Å². The van der Waals surface area contributed by atoms with E-state index >= 15 is 0 Å². The zero-order valence-corrected chi connectivity index (χ0v) is 19.1. The first kappa shape index (κ1) is 27.9. The summed E-state index contributed by atoms with van der Waals surface area (Å²) < 4.78 is 0. The molecule has 2 rings (SSSR count). The predicted octanol–water partition coefficient (Wildman–Crippen LogP) is -2.47. The molecule has 4 atom stereocenters. The van der Waals surface area contributed by atoms with Gasteiger partial charge in [0.25, 0.3) is 0 Å². The fourth-order valence-corrected chi connectivity index (χ4v) is 3.18. The summed E-state index contributed by atoms with van der Waals surface area (Å²) in [5.41, 5.74) is 6.98. The molecule has 1 aromatic heterocycles. The van der Waals surface area contributed by atoms with Crippen molar-refractivity contribution >= 4 is 29.7 Å². The Labute approximate surface area is 205 Å². The van der Waals surface area contributed by atoms with Crippen LogP contribution in [0.3, 0.4) is 0 Å². The number of carboxylic acid groups (broad SMARTS) is 2. The fraction of sp³-hybridized carbons (Fsp3) is 0.364. The number of aliphatic hydroxyl groups excluding tert-OH is 1. The molecule has 2 aromatic rings. The maximum Gasteiger partial charge on any atom is 0.326 e. The standard InChI is InChI=1S/C22H28N6O8/c23-14(7-13-9-24-11-25-13)19(32)26-15(8-18(30)31)20(33)28-17(10-29)21(34)27-16(22(35)36)6-12-4-2-1-3-5-12/h1-5,9,11,14-17,29H,6-8,10,23H2,(H,24,25)(H,26,32)(H,27,34)(H,28,33)(H,30,31)(H,35,36). The molecule has 0 saturated heterocycles. The zero-order chi connectivity index (χ0) is 26.7. The van der Waals surface area contributed by atoms with Crippen molar-refractivity contribution in [3.8, 4) is 0 Å². The highest BCUT2D eigenvalue weighted by molar-refractivity contribution is 5.95. The van der Waals surface area contributed by atoms with Gasteiger partial charge in [-0.25, -0.2) is 9.78 Å². The number of nitrogens with two attached hydrogens (primary N) is 1. The minimum Gasteiger partial charge on any atom is -0.481 e. The molecule has 0 bridgehead atoms. The number of rotatable bonds is 14. The maximum absolute atomic E-state index is 12.7. The number of hydrogen-bond acceptors (Lipinski definition) is 8. The summed E-state index contributed by atoms with van der Waals surface area (Å²) in [6.45, 7) is -0.914. The molecule has 3 amide bonds. The molecule has 14 heteroatoms. The molecule has 14 nitrogen and oxygen atoms in total. The summed E-state index contributed by atoms with van der Waals surface area (Å²) >= 11 is 0. The number of aromatic nitrogens is 2. The van der Waals surface area contributed by atoms with Gasteiger partial charge in [-0.05, 0) is 5.56 Å². The molecule has 0 radical (unpaired) electrons. The SMILES string of the molecule is NC(Cc1cnc[nH]1)C(=O)NC(CC(=O)O)C(=O)NC(CO)C(=O)NC(Cc1ccccc1)C(=O)O. The highest BCUT2D eigenvalue weighted by atomic mass is 16.4. The molecule has 0 fully saturated rings. The van der Waals surface area contributed by atoms with Crippen molar-refractivity contribution in [3.63, 3.8) is 0 Å². The van der Waals surface area contributed by atoms with Gasteiger partial charge >= 0.3 is 11.9 Å². The molecular weight excluding hydrogens is 476 g/mol. The van der Waals surface area contributed by atoms with Crippen molar-refractivity contribution in [2.75, 3.05) is 6.61 Å². The van der Waals surface area contributed by atoms with Crippen LogP contribution in [0.25, 0.3) is 0 Å². The van der Waals surface area contributed by atoms with Gasteiger partial charge in [0, 0.05) is 24.7 Å². The molecule has 0 aliphatic heterocycles. The molecule has 0 saturated carbocycles. The van der Waals surface area contributed by atoms with E-state index in [4.69, 9.17) is 10.8 Å². The largest absolute Gasteiger partial charge is 0.481 e. The predicted molar refractivity (Wildman–Crippen MR) is 123 cm³/mol. The van der Waals surface area contributed by atoms with E-state index in [-0.39, 0.29) is 12.8 Å². The maximum atomic E-state index is 12.7. The number of H-pyrrole nitrogens is 1. The summed E-state index contributed by atoms with van der Waals surface area (Å²) in [5.74, 6) is -5.67. The Morgan fingerprint density at radius 1 is 0.889 bits per heavy atom. The first-order valence-corrected chi connectivity index (χ1v) is 10.8. The lowest BCUT2D eigenvalue weighted by Gasteiger charge is -2.23. The third-order valence-corrected chi connectivity index (χ3v) is 5.06. The van der Waals surface area contributed by atoms with Gasteiger partial charge < -0.3 is 42.0 Å². The van der Waals surface area contributed by atoms with E-state index in [9.17, 15) is 34.2 Å². The number of aromatic amines is 1. The minimum atomic E-state index is -1.62. The number of nitrogens with one attached hydrogen (secondary N) is 4. The number of carbonyl (C=O) groups is 5. The highest BCUT2D eigenvalue weighted by Crippen LogP contribution is 2.05. The lowest BCUT2D eigenvalue weighted by Crippen LogP contribution is -2.58. The van der Waals surface area contributed by atoms with Crippen molar-refractivity contribution in [1.82, 2.24) is 25.9 Å². The second-order valence-electron chi connectivity index (χ2n) is 7.88. The number of aliphatic hydroxyl groups is 1. The number of hydrogen-bond donors (Lipinski definition) is 8. The van der Waals surface area contributed by atoms with E-state index in [0.717, 1.165) is 0 Å². The number of imidazole rings is 1. The van der Waals surface area contributed by atoms with E-state index < -0.39 is 66.9 Å². The van der Waals surface area contributed by atoms with Crippen LogP contribution >= 0.6 is 0 Å². The Balaban J connectivity index is 2.03. The Bertz CT molecular complexity index is 1050. The molecule has 36 heavy (non-hydrogen) atoms. The lowest BCUT2D eigenvalue weighted by atomic mass is 10.1. The van der Waals surface area contributed by atoms with E-state index in [1.165, 1.54) is 12.5 Å². The van der Waals surface area contributed by atoms with Crippen LogP contribution in [0.1, 0.15) is 17.7 Å². The van der Waals surface area contributed by atoms with Gasteiger partial charge in [-0.15, -0.1) is 0 Å². The van der Waals surface area contributed by atoms with Gasteiger partial charge in [-0.3, -0.25) is 19.2 Å². The quantitative estimate of drug-likeness (QED) is 0.135. The highest BCUT2D eigenvalue weighted by Gasteiger charge is 2.31. The molecule has 0 aliphatic rings. The summed E-state index contributed by atoms with van der Waals surface area (Å²) in [5, 5.41) is 34.8. The van der Waals surface area contributed by atoms with Crippen LogP contribution < -0.4 is 21.7 Å². The molecule has 194 valence electrons. The summed E-state index contributed by atoms with van der Waals surface area (Å²) in [7, 11) is 0. The topological polar surface area (TPSA) is 237 Å². The van der Waals surface area contributed by atoms with Gasteiger partial charge in [-0.1, -0.05) is 30.3 Å². The minimum absolute atomic E-state index is 0.0346. The van der Waals surface area contributed by atoms with Crippen LogP contribution in [0.15, 0.2) is 42.9 Å². The zero-order valence-electron chi connectivity index (χ0n) is 19.1. The normalized spacial score (nSPS) is 14.1. The third-order valence-electron chi connectivity index (χ3n) is 5.06. The Morgan fingerprint density at radius 2 is 1.50 bits per heavy atom. The van der Waals surface area contributed by atoms with Crippen LogP contribution in [0.5, 0.6) is 0 Å². The molecule has 0 spiro atoms. The second kappa shape index (κ2) is 13.6. The van der Waals surface area contributed by atoms with Crippen LogP contribution in [0.4, 0.5) is 0 Å². The number of carbonyl (C=O) groups excluding carboxylic acids is 3. The third kappa shape index (κ3) is 8.81. The Kier molecular flexibility index (Phi) is 10.5. The fourth-order valence-electron chi connectivity index (χ4n) is 3.18. The number of amides is 3. The summed E-state index contributed by atoms with van der Waals surface area (Å²) in [6, 6.07) is 2.75. The van der Waals surface area contributed by atoms with Crippen LogP contribution in [0.2, 0.25) is 0 Å². The summed E-state index contributed by atoms with van der Waals surface area (Å²) in [6.07, 6.45) is 1.98. The average molecular weight is 505 g/mol. The van der Waals surface area contributed by atoms with Crippen molar-refractivity contribution in [3.05, 3.63) is 54.1 Å². The first-order valence-electron chi connectivity index (χ1n) is 10.8. The second-order valence-corrected chi connectivity index (χ2v) is 7.88. The van der Waals surface area contributed by atoms with Crippen LogP contribution in [-0.2, 0) is 36.8 Å². The molecule has 1 aromatic carbocycles. The number of nitrogens with zero attached hydrogens (tertiary/aromatic N) is 1. The molecule has 0 aliphatic carbocycles. The van der Waals surface area contributed by atoms with Crippen LogP contribution in [-0.4, -0.2) is 85.7 Å². The summed E-state index contributed by atoms with van der Waals surface area (Å²) in [4.78, 5) is 67.1. The van der Waals surface area contributed by atoms with E-state index in [1.54, 1.807) is 30.3 Å². The van der Waals surface area contributed by atoms with Gasteiger partial charge in [0.1, 0.15) is 18.1 Å². The average Bonchev–Trinajstić information content (AvgIpc) is 3.34. The smallest absolute Gasteiger partial charge is 0.326 e. The van der Waals surface area contributed by atoms with Gasteiger partial charge in [0.2, 0.25) is 17.7 Å². The van der Waals surface area contributed by atoms with Crippen molar-refractivity contribution in [1.29, 1.82) is 0 Å². The van der Waals surface area contributed by atoms with Gasteiger partial charge in [0.05, 0.1) is 25.4 Å². The number of carboxylic acids is 2. The number of benzene rings is 1.